The van der Waals surface area contributed by atoms with Crippen LogP contribution in [0.4, 0.5) is 0 Å². The van der Waals surface area contributed by atoms with Gasteiger partial charge in [0.1, 0.15) is 11.5 Å². The van der Waals surface area contributed by atoms with Crippen molar-refractivity contribution >= 4 is 35.5 Å². The van der Waals surface area contributed by atoms with E-state index in [0.29, 0.717) is 28.4 Å². The van der Waals surface area contributed by atoms with Crippen molar-refractivity contribution < 1.29 is 9.21 Å². The lowest BCUT2D eigenvalue weighted by Gasteiger charge is -2.00. The largest absolute Gasteiger partial charge is 0.460 e. The highest BCUT2D eigenvalue weighted by atomic mass is 35.5. The molecule has 1 saturated carbocycles. The van der Waals surface area contributed by atoms with Crippen molar-refractivity contribution in [1.82, 2.24) is 5.43 Å². The number of rotatable bonds is 6. The number of amides is 1. The van der Waals surface area contributed by atoms with Crippen LogP contribution in [-0.2, 0) is 4.79 Å². The number of nitrogens with one attached hydrogen (secondary N) is 1. The third-order valence-electron chi connectivity index (χ3n) is 3.69. The predicted molar refractivity (Wildman–Crippen MR) is 93.1 cm³/mol. The Morgan fingerprint density at radius 3 is 2.83 bits per heavy atom. The maximum absolute atomic E-state index is 11.7. The van der Waals surface area contributed by atoms with Crippen LogP contribution in [0, 0.1) is 5.92 Å². The van der Waals surface area contributed by atoms with Gasteiger partial charge in [0.2, 0.25) is 5.91 Å². The fourth-order valence-electron chi connectivity index (χ4n) is 2.24. The maximum atomic E-state index is 11.7. The van der Waals surface area contributed by atoms with E-state index in [1.165, 1.54) is 24.4 Å². The molecule has 1 amide bonds. The lowest BCUT2D eigenvalue weighted by molar-refractivity contribution is -0.118. The molecule has 1 aromatic carbocycles. The summed E-state index contributed by atoms with van der Waals surface area (Å²) in [6.45, 7) is 2.21. The number of halogens is 1. The molecule has 1 heterocycles. The quantitative estimate of drug-likeness (QED) is 0.481. The van der Waals surface area contributed by atoms with Crippen molar-refractivity contribution in [3.05, 3.63) is 52.9 Å². The summed E-state index contributed by atoms with van der Waals surface area (Å²) in [6.07, 6.45) is 2.71. The SMILES string of the molecule is C[C@H]1C[C@H]1c1ccc(/C=N\NC(=O)CSc2ccc(Cl)cc2)o1. The van der Waals surface area contributed by atoms with Gasteiger partial charge in [0, 0.05) is 15.8 Å². The summed E-state index contributed by atoms with van der Waals surface area (Å²) in [5.41, 5.74) is 2.50. The molecular weight excluding hydrogens is 332 g/mol. The van der Waals surface area contributed by atoms with E-state index in [9.17, 15) is 4.79 Å². The van der Waals surface area contributed by atoms with Gasteiger partial charge in [0.05, 0.1) is 12.0 Å². The van der Waals surface area contributed by atoms with Crippen LogP contribution in [0.15, 0.2) is 50.8 Å². The molecule has 4 nitrogen and oxygen atoms in total. The number of hydrazone groups is 1. The highest BCUT2D eigenvalue weighted by Crippen LogP contribution is 2.47. The molecule has 23 heavy (non-hydrogen) atoms. The zero-order chi connectivity index (χ0) is 16.2. The predicted octanol–water partition coefficient (Wildman–Crippen LogP) is 4.30. The normalized spacial score (nSPS) is 19.9. The number of carbonyl (C=O) groups excluding carboxylic acids is 1. The Balaban J connectivity index is 1.43. The molecule has 0 unspecified atom stereocenters. The van der Waals surface area contributed by atoms with E-state index >= 15 is 0 Å². The van der Waals surface area contributed by atoms with E-state index in [1.54, 1.807) is 12.1 Å². The summed E-state index contributed by atoms with van der Waals surface area (Å²) >= 11 is 7.25. The second-order valence-electron chi connectivity index (χ2n) is 5.60. The standard InChI is InChI=1S/C17H17ClN2O2S/c1-11-8-15(11)16-7-4-13(22-16)9-19-20-17(21)10-23-14-5-2-12(18)3-6-14/h2-7,9,11,15H,8,10H2,1H3,(H,20,21)/b19-9-/t11-,15+/m0/s1. The third kappa shape index (κ3) is 4.62. The zero-order valence-corrected chi connectivity index (χ0v) is 14.2. The van der Waals surface area contributed by atoms with Crippen molar-refractivity contribution in [3.63, 3.8) is 0 Å². The number of benzene rings is 1. The second kappa shape index (κ2) is 7.23. The van der Waals surface area contributed by atoms with Gasteiger partial charge in [0.25, 0.3) is 0 Å². The van der Waals surface area contributed by atoms with Crippen molar-refractivity contribution in [2.45, 2.75) is 24.2 Å². The summed E-state index contributed by atoms with van der Waals surface area (Å²) < 4.78 is 5.68. The summed E-state index contributed by atoms with van der Waals surface area (Å²) in [7, 11) is 0. The molecule has 1 N–H and O–H groups in total. The van der Waals surface area contributed by atoms with Crippen molar-refractivity contribution in [1.29, 1.82) is 0 Å². The summed E-state index contributed by atoms with van der Waals surface area (Å²) in [6, 6.07) is 11.2. The zero-order valence-electron chi connectivity index (χ0n) is 12.7. The van der Waals surface area contributed by atoms with Gasteiger partial charge in [-0.2, -0.15) is 5.10 Å². The van der Waals surface area contributed by atoms with Crippen LogP contribution in [-0.4, -0.2) is 17.9 Å². The van der Waals surface area contributed by atoms with Gasteiger partial charge in [0.15, 0.2) is 0 Å². The number of carbonyl (C=O) groups is 1. The van der Waals surface area contributed by atoms with Crippen molar-refractivity contribution in [3.8, 4) is 0 Å². The molecule has 2 atom stereocenters. The molecule has 0 radical (unpaired) electrons. The molecular formula is C17H17ClN2O2S. The molecule has 6 heteroatoms. The fourth-order valence-corrected chi connectivity index (χ4v) is 3.05. The number of furan rings is 1. The van der Waals surface area contributed by atoms with E-state index < -0.39 is 0 Å². The first kappa shape index (κ1) is 16.1. The van der Waals surface area contributed by atoms with Crippen LogP contribution in [0.5, 0.6) is 0 Å². The van der Waals surface area contributed by atoms with Crippen LogP contribution in [0.1, 0.15) is 30.8 Å². The maximum Gasteiger partial charge on any atom is 0.250 e. The minimum absolute atomic E-state index is 0.163. The second-order valence-corrected chi connectivity index (χ2v) is 7.08. The van der Waals surface area contributed by atoms with Crippen molar-refractivity contribution in [2.75, 3.05) is 5.75 Å². The third-order valence-corrected chi connectivity index (χ3v) is 4.95. The van der Waals surface area contributed by atoms with Gasteiger partial charge in [-0.05, 0) is 48.7 Å². The highest BCUT2D eigenvalue weighted by molar-refractivity contribution is 8.00. The molecule has 0 aliphatic heterocycles. The van der Waals surface area contributed by atoms with Gasteiger partial charge >= 0.3 is 0 Å². The molecule has 2 aromatic rings. The Morgan fingerprint density at radius 2 is 2.13 bits per heavy atom. The lowest BCUT2D eigenvalue weighted by Crippen LogP contribution is -2.19. The topological polar surface area (TPSA) is 54.6 Å². The van der Waals surface area contributed by atoms with E-state index in [2.05, 4.69) is 17.5 Å². The molecule has 1 aliphatic carbocycles. The monoisotopic (exact) mass is 348 g/mol. The van der Waals surface area contributed by atoms with Gasteiger partial charge in [-0.3, -0.25) is 4.79 Å². The molecule has 1 fully saturated rings. The molecule has 1 aliphatic rings. The van der Waals surface area contributed by atoms with Crippen LogP contribution < -0.4 is 5.43 Å². The molecule has 3 rings (SSSR count). The highest BCUT2D eigenvalue weighted by Gasteiger charge is 2.36. The van der Waals surface area contributed by atoms with Gasteiger partial charge in [-0.25, -0.2) is 5.43 Å². The van der Waals surface area contributed by atoms with E-state index in [-0.39, 0.29) is 5.91 Å². The Bertz CT molecular complexity index is 712. The van der Waals surface area contributed by atoms with Crippen LogP contribution in [0.25, 0.3) is 0 Å². The van der Waals surface area contributed by atoms with Gasteiger partial charge in [-0.15, -0.1) is 11.8 Å². The van der Waals surface area contributed by atoms with Crippen LogP contribution in [0.2, 0.25) is 5.02 Å². The minimum Gasteiger partial charge on any atom is -0.460 e. The Kier molecular flexibility index (Phi) is 5.08. The fraction of sp³-hybridized carbons (Fsp3) is 0.294. The average molecular weight is 349 g/mol. The summed E-state index contributed by atoms with van der Waals surface area (Å²) in [5, 5.41) is 4.61. The minimum atomic E-state index is -0.163. The summed E-state index contributed by atoms with van der Waals surface area (Å²) in [5.74, 6) is 3.04. The van der Waals surface area contributed by atoms with Crippen LogP contribution >= 0.6 is 23.4 Å². The Labute approximate surface area is 144 Å². The first-order valence-electron chi connectivity index (χ1n) is 7.42. The lowest BCUT2D eigenvalue weighted by atomic mass is 10.3. The Morgan fingerprint density at radius 1 is 1.39 bits per heavy atom. The molecule has 0 bridgehead atoms. The van der Waals surface area contributed by atoms with Crippen LogP contribution in [0.3, 0.4) is 0 Å². The molecule has 1 aromatic heterocycles. The van der Waals surface area contributed by atoms with E-state index in [4.69, 9.17) is 16.0 Å². The van der Waals surface area contributed by atoms with Crippen molar-refractivity contribution in [2.24, 2.45) is 11.0 Å². The van der Waals surface area contributed by atoms with E-state index in [0.717, 1.165) is 10.7 Å². The number of hydrogen-bond acceptors (Lipinski definition) is 4. The smallest absolute Gasteiger partial charge is 0.250 e. The average Bonchev–Trinajstić information content (AvgIpc) is 3.08. The number of hydrogen-bond donors (Lipinski definition) is 1. The number of thioether (sulfide) groups is 1. The molecule has 0 saturated heterocycles. The molecule has 120 valence electrons. The van der Waals surface area contributed by atoms with Gasteiger partial charge in [-0.1, -0.05) is 18.5 Å². The Hall–Kier alpha value is -1.72. The van der Waals surface area contributed by atoms with E-state index in [1.807, 2.05) is 24.3 Å². The first-order chi connectivity index (χ1) is 11.1. The van der Waals surface area contributed by atoms with Gasteiger partial charge < -0.3 is 4.42 Å². The molecule has 0 spiro atoms. The number of nitrogens with zero attached hydrogens (tertiary/aromatic N) is 1. The first-order valence-corrected chi connectivity index (χ1v) is 8.78. The summed E-state index contributed by atoms with van der Waals surface area (Å²) in [4.78, 5) is 12.7.